The van der Waals surface area contributed by atoms with E-state index < -0.39 is 0 Å². The molecule has 2 aromatic carbocycles. The SMILES string of the molecule is CCOc1ccc(/C=C/C(=O)N(c2ccccc2)c2nccs2)cc1. The van der Waals surface area contributed by atoms with Crippen LogP contribution in [-0.2, 0) is 4.79 Å². The van der Waals surface area contributed by atoms with Gasteiger partial charge in [-0.3, -0.25) is 9.69 Å². The van der Waals surface area contributed by atoms with Crippen LogP contribution >= 0.6 is 11.3 Å². The maximum absolute atomic E-state index is 12.8. The Labute approximate surface area is 151 Å². The lowest BCUT2D eigenvalue weighted by atomic mass is 10.2. The Bertz CT molecular complexity index is 828. The molecule has 4 nitrogen and oxygen atoms in total. The minimum absolute atomic E-state index is 0.143. The summed E-state index contributed by atoms with van der Waals surface area (Å²) in [6, 6.07) is 17.1. The Hall–Kier alpha value is -2.92. The van der Waals surface area contributed by atoms with E-state index in [1.165, 1.54) is 11.3 Å². The summed E-state index contributed by atoms with van der Waals surface area (Å²) in [6.07, 6.45) is 5.05. The molecule has 0 unspecified atom stereocenters. The summed E-state index contributed by atoms with van der Waals surface area (Å²) in [5.74, 6) is 0.676. The Morgan fingerprint density at radius 1 is 1.16 bits per heavy atom. The van der Waals surface area contributed by atoms with Crippen molar-refractivity contribution in [2.45, 2.75) is 6.92 Å². The number of para-hydroxylation sites is 1. The average Bonchev–Trinajstić information content (AvgIpc) is 3.17. The second-order valence-corrected chi connectivity index (χ2v) is 6.03. The van der Waals surface area contributed by atoms with Crippen molar-refractivity contribution >= 4 is 34.1 Å². The quantitative estimate of drug-likeness (QED) is 0.593. The van der Waals surface area contributed by atoms with E-state index in [4.69, 9.17) is 4.74 Å². The number of aromatic nitrogens is 1. The highest BCUT2D eigenvalue weighted by atomic mass is 32.1. The van der Waals surface area contributed by atoms with E-state index in [2.05, 4.69) is 4.98 Å². The van der Waals surface area contributed by atoms with Crippen LogP contribution in [0.2, 0.25) is 0 Å². The van der Waals surface area contributed by atoms with Crippen molar-refractivity contribution in [1.82, 2.24) is 4.98 Å². The molecule has 25 heavy (non-hydrogen) atoms. The van der Waals surface area contributed by atoms with Gasteiger partial charge in [-0.15, -0.1) is 11.3 Å². The summed E-state index contributed by atoms with van der Waals surface area (Å²) in [5.41, 5.74) is 1.72. The van der Waals surface area contributed by atoms with Crippen molar-refractivity contribution in [1.29, 1.82) is 0 Å². The number of hydrogen-bond donors (Lipinski definition) is 0. The average molecular weight is 350 g/mol. The van der Waals surface area contributed by atoms with E-state index in [9.17, 15) is 4.79 Å². The number of ether oxygens (including phenoxy) is 1. The van der Waals surface area contributed by atoms with Crippen LogP contribution in [0.3, 0.4) is 0 Å². The predicted molar refractivity (Wildman–Crippen MR) is 102 cm³/mol. The monoisotopic (exact) mass is 350 g/mol. The van der Waals surface area contributed by atoms with Gasteiger partial charge in [-0.2, -0.15) is 0 Å². The molecule has 1 heterocycles. The topological polar surface area (TPSA) is 42.4 Å². The Kier molecular flexibility index (Phi) is 5.59. The molecule has 0 bridgehead atoms. The molecule has 3 rings (SSSR count). The first-order valence-electron chi connectivity index (χ1n) is 7.97. The van der Waals surface area contributed by atoms with E-state index in [0.29, 0.717) is 11.7 Å². The van der Waals surface area contributed by atoms with Gasteiger partial charge in [0, 0.05) is 17.7 Å². The molecule has 126 valence electrons. The third-order valence-corrected chi connectivity index (χ3v) is 4.21. The highest BCUT2D eigenvalue weighted by Crippen LogP contribution is 2.27. The highest BCUT2D eigenvalue weighted by molar-refractivity contribution is 7.13. The van der Waals surface area contributed by atoms with Gasteiger partial charge in [0.25, 0.3) is 5.91 Å². The van der Waals surface area contributed by atoms with E-state index in [1.807, 2.05) is 66.9 Å². The number of benzene rings is 2. The first-order valence-corrected chi connectivity index (χ1v) is 8.85. The first-order chi connectivity index (χ1) is 12.3. The van der Waals surface area contributed by atoms with Crippen LogP contribution in [0, 0.1) is 0 Å². The van der Waals surface area contributed by atoms with Gasteiger partial charge < -0.3 is 4.74 Å². The fourth-order valence-electron chi connectivity index (χ4n) is 2.32. The van der Waals surface area contributed by atoms with Gasteiger partial charge in [0.15, 0.2) is 5.13 Å². The first kappa shape index (κ1) is 16.9. The molecule has 0 aliphatic heterocycles. The second kappa shape index (κ2) is 8.26. The number of amides is 1. The predicted octanol–water partition coefficient (Wildman–Crippen LogP) is 4.92. The number of carbonyl (C=O) groups excluding carboxylic acids is 1. The van der Waals surface area contributed by atoms with Gasteiger partial charge in [-0.1, -0.05) is 30.3 Å². The molecule has 0 radical (unpaired) electrons. The molecule has 0 saturated carbocycles. The van der Waals surface area contributed by atoms with E-state index >= 15 is 0 Å². The van der Waals surface area contributed by atoms with E-state index in [1.54, 1.807) is 23.2 Å². The lowest BCUT2D eigenvalue weighted by molar-refractivity contribution is -0.113. The van der Waals surface area contributed by atoms with Crippen molar-refractivity contribution in [3.63, 3.8) is 0 Å². The fourth-order valence-corrected chi connectivity index (χ4v) is 2.99. The number of hydrogen-bond acceptors (Lipinski definition) is 4. The summed E-state index contributed by atoms with van der Waals surface area (Å²) in [4.78, 5) is 18.6. The van der Waals surface area contributed by atoms with Gasteiger partial charge >= 0.3 is 0 Å². The van der Waals surface area contributed by atoms with Crippen LogP contribution in [0.5, 0.6) is 5.75 Å². The minimum Gasteiger partial charge on any atom is -0.494 e. The summed E-state index contributed by atoms with van der Waals surface area (Å²) in [5, 5.41) is 2.50. The van der Waals surface area contributed by atoms with E-state index in [0.717, 1.165) is 17.0 Å². The molecule has 0 aliphatic carbocycles. The molecule has 0 N–H and O–H groups in total. The number of anilines is 2. The molecular weight excluding hydrogens is 332 g/mol. The fraction of sp³-hybridized carbons (Fsp3) is 0.100. The Balaban J connectivity index is 1.81. The molecular formula is C20H18N2O2S. The highest BCUT2D eigenvalue weighted by Gasteiger charge is 2.17. The maximum atomic E-state index is 12.8. The van der Waals surface area contributed by atoms with Gasteiger partial charge in [0.05, 0.1) is 12.3 Å². The molecule has 1 amide bonds. The number of nitrogens with zero attached hydrogens (tertiary/aromatic N) is 2. The minimum atomic E-state index is -0.143. The smallest absolute Gasteiger partial charge is 0.257 e. The Morgan fingerprint density at radius 2 is 1.92 bits per heavy atom. The van der Waals surface area contributed by atoms with Crippen molar-refractivity contribution in [2.24, 2.45) is 0 Å². The van der Waals surface area contributed by atoms with Crippen molar-refractivity contribution in [2.75, 3.05) is 11.5 Å². The number of thiazole rings is 1. The summed E-state index contributed by atoms with van der Waals surface area (Å²) >= 11 is 1.43. The van der Waals surface area contributed by atoms with Crippen molar-refractivity contribution in [3.8, 4) is 5.75 Å². The zero-order chi connectivity index (χ0) is 17.5. The van der Waals surface area contributed by atoms with Crippen LogP contribution in [0.15, 0.2) is 72.3 Å². The second-order valence-electron chi connectivity index (χ2n) is 5.16. The van der Waals surface area contributed by atoms with E-state index in [-0.39, 0.29) is 5.91 Å². The van der Waals surface area contributed by atoms with Crippen LogP contribution in [0.4, 0.5) is 10.8 Å². The molecule has 3 aromatic rings. The Morgan fingerprint density at radius 3 is 2.56 bits per heavy atom. The summed E-state index contributed by atoms with van der Waals surface area (Å²) in [7, 11) is 0. The molecule has 5 heteroatoms. The van der Waals surface area contributed by atoms with Gasteiger partial charge in [-0.05, 0) is 42.8 Å². The number of carbonyl (C=O) groups is 1. The van der Waals surface area contributed by atoms with Crippen LogP contribution < -0.4 is 9.64 Å². The third-order valence-electron chi connectivity index (χ3n) is 3.45. The molecule has 0 aliphatic rings. The summed E-state index contributed by atoms with van der Waals surface area (Å²) in [6.45, 7) is 2.58. The van der Waals surface area contributed by atoms with Crippen LogP contribution in [-0.4, -0.2) is 17.5 Å². The van der Waals surface area contributed by atoms with Gasteiger partial charge in [-0.25, -0.2) is 4.98 Å². The van der Waals surface area contributed by atoms with Crippen LogP contribution in [0.1, 0.15) is 12.5 Å². The largest absolute Gasteiger partial charge is 0.494 e. The summed E-state index contributed by atoms with van der Waals surface area (Å²) < 4.78 is 5.43. The number of rotatable bonds is 6. The normalized spacial score (nSPS) is 10.8. The third kappa shape index (κ3) is 4.33. The molecule has 0 spiro atoms. The molecule has 1 aromatic heterocycles. The molecule has 0 atom stereocenters. The lowest BCUT2D eigenvalue weighted by Gasteiger charge is -2.18. The van der Waals surface area contributed by atoms with Crippen molar-refractivity contribution < 1.29 is 9.53 Å². The lowest BCUT2D eigenvalue weighted by Crippen LogP contribution is -2.23. The van der Waals surface area contributed by atoms with Crippen molar-refractivity contribution in [3.05, 3.63) is 77.8 Å². The maximum Gasteiger partial charge on any atom is 0.257 e. The van der Waals surface area contributed by atoms with Gasteiger partial charge in [0.1, 0.15) is 5.75 Å². The molecule has 0 fully saturated rings. The zero-order valence-electron chi connectivity index (χ0n) is 13.8. The standard InChI is InChI=1S/C20H18N2O2S/c1-2-24-18-11-8-16(9-12-18)10-13-19(23)22(20-21-14-15-25-20)17-6-4-3-5-7-17/h3-15H,2H2,1H3/b13-10+. The zero-order valence-corrected chi connectivity index (χ0v) is 14.6. The molecule has 0 saturated heterocycles. The van der Waals surface area contributed by atoms with Crippen LogP contribution in [0.25, 0.3) is 6.08 Å². The van der Waals surface area contributed by atoms with Gasteiger partial charge in [0.2, 0.25) is 0 Å².